The number of benzene rings is 1. The Morgan fingerprint density at radius 1 is 1.40 bits per heavy atom. The van der Waals surface area contributed by atoms with Gasteiger partial charge < -0.3 is 15.2 Å². The van der Waals surface area contributed by atoms with E-state index in [0.717, 1.165) is 0 Å². The van der Waals surface area contributed by atoms with Gasteiger partial charge in [-0.3, -0.25) is 4.79 Å². The van der Waals surface area contributed by atoms with Crippen molar-refractivity contribution in [2.24, 2.45) is 5.73 Å². The van der Waals surface area contributed by atoms with E-state index in [1.54, 1.807) is 38.3 Å². The minimum Gasteiger partial charge on any atom is -0.497 e. The molecule has 0 saturated carbocycles. The van der Waals surface area contributed by atoms with Crippen molar-refractivity contribution in [2.45, 2.75) is 12.5 Å². The molecule has 0 aliphatic carbocycles. The van der Waals surface area contributed by atoms with Crippen molar-refractivity contribution in [3.8, 4) is 5.75 Å². The maximum atomic E-state index is 11.3. The third-order valence-electron chi connectivity index (χ3n) is 2.50. The van der Waals surface area contributed by atoms with E-state index in [2.05, 4.69) is 0 Å². The van der Waals surface area contributed by atoms with Gasteiger partial charge in [-0.2, -0.15) is 0 Å². The summed E-state index contributed by atoms with van der Waals surface area (Å²) in [7, 11) is 3.01. The zero-order chi connectivity index (χ0) is 11.5. The average molecular weight is 209 g/mol. The van der Waals surface area contributed by atoms with Crippen molar-refractivity contribution in [1.29, 1.82) is 0 Å². The highest BCUT2D eigenvalue weighted by atomic mass is 16.5. The summed E-state index contributed by atoms with van der Waals surface area (Å²) in [5, 5.41) is 0. The number of hydrogen-bond donors (Lipinski definition) is 1. The van der Waals surface area contributed by atoms with Crippen LogP contribution in [0.3, 0.4) is 0 Å². The quantitative estimate of drug-likeness (QED) is 0.806. The zero-order valence-electron chi connectivity index (χ0n) is 9.11. The van der Waals surface area contributed by atoms with Crippen molar-refractivity contribution < 1.29 is 14.3 Å². The lowest BCUT2D eigenvalue weighted by atomic mass is 9.95. The fourth-order valence-corrected chi connectivity index (χ4v) is 1.28. The number of methoxy groups -OCH3 is 2. The van der Waals surface area contributed by atoms with Crippen LogP contribution in [0, 0.1) is 0 Å². The molecule has 1 amide bonds. The highest BCUT2D eigenvalue weighted by molar-refractivity contribution is 5.84. The van der Waals surface area contributed by atoms with Crippen molar-refractivity contribution >= 4 is 5.91 Å². The predicted octanol–water partition coefficient (Wildman–Crippen LogP) is 1.04. The number of ether oxygens (including phenoxy) is 2. The fraction of sp³-hybridized carbons (Fsp3) is 0.364. The number of carbonyl (C=O) groups is 1. The Kier molecular flexibility index (Phi) is 3.31. The molecule has 0 fully saturated rings. The van der Waals surface area contributed by atoms with Crippen molar-refractivity contribution in [1.82, 2.24) is 0 Å². The molecule has 1 aromatic carbocycles. The second kappa shape index (κ2) is 4.31. The minimum absolute atomic E-state index is 0.529. The lowest BCUT2D eigenvalue weighted by molar-refractivity contribution is -0.139. The molecule has 1 aromatic rings. The first kappa shape index (κ1) is 11.5. The first-order valence-corrected chi connectivity index (χ1v) is 4.54. The zero-order valence-corrected chi connectivity index (χ0v) is 9.11. The molecule has 2 N–H and O–H groups in total. The summed E-state index contributed by atoms with van der Waals surface area (Å²) in [5.74, 6) is 0.135. The number of amides is 1. The van der Waals surface area contributed by atoms with Gasteiger partial charge in [-0.1, -0.05) is 12.1 Å². The van der Waals surface area contributed by atoms with Gasteiger partial charge in [-0.15, -0.1) is 0 Å². The molecule has 0 spiro atoms. The summed E-state index contributed by atoms with van der Waals surface area (Å²) in [4.78, 5) is 11.3. The highest BCUT2D eigenvalue weighted by Crippen LogP contribution is 2.27. The molecule has 15 heavy (non-hydrogen) atoms. The Labute approximate surface area is 89.0 Å². The summed E-state index contributed by atoms with van der Waals surface area (Å²) in [6, 6.07) is 7.08. The number of primary amides is 1. The summed E-state index contributed by atoms with van der Waals surface area (Å²) in [5.41, 5.74) is 4.86. The molecule has 0 aliphatic rings. The second-order valence-corrected chi connectivity index (χ2v) is 3.33. The molecule has 82 valence electrons. The van der Waals surface area contributed by atoms with Crippen LogP contribution >= 0.6 is 0 Å². The molecule has 0 radical (unpaired) electrons. The van der Waals surface area contributed by atoms with Crippen LogP contribution in [0.4, 0.5) is 0 Å². The normalized spacial score (nSPS) is 14.3. The first-order chi connectivity index (χ1) is 7.04. The Hall–Kier alpha value is -1.55. The van der Waals surface area contributed by atoms with Gasteiger partial charge in [0.25, 0.3) is 5.91 Å². The van der Waals surface area contributed by atoms with E-state index in [-0.39, 0.29) is 0 Å². The third-order valence-corrected chi connectivity index (χ3v) is 2.50. The van der Waals surface area contributed by atoms with Crippen LogP contribution in [-0.2, 0) is 15.1 Å². The van der Waals surface area contributed by atoms with Crippen molar-refractivity contribution in [3.63, 3.8) is 0 Å². The molecule has 1 atom stereocenters. The van der Waals surface area contributed by atoms with E-state index in [0.29, 0.717) is 11.3 Å². The van der Waals surface area contributed by atoms with Crippen LogP contribution in [0.25, 0.3) is 0 Å². The van der Waals surface area contributed by atoms with Crippen LogP contribution in [-0.4, -0.2) is 20.1 Å². The van der Waals surface area contributed by atoms with E-state index < -0.39 is 11.5 Å². The largest absolute Gasteiger partial charge is 0.497 e. The van der Waals surface area contributed by atoms with E-state index in [9.17, 15) is 4.79 Å². The van der Waals surface area contributed by atoms with Gasteiger partial charge in [0.15, 0.2) is 5.60 Å². The summed E-state index contributed by atoms with van der Waals surface area (Å²) in [6.45, 7) is 1.63. The maximum Gasteiger partial charge on any atom is 0.254 e. The lowest BCUT2D eigenvalue weighted by Gasteiger charge is -2.25. The maximum absolute atomic E-state index is 11.3. The van der Waals surface area contributed by atoms with E-state index >= 15 is 0 Å². The minimum atomic E-state index is -1.12. The van der Waals surface area contributed by atoms with Crippen LogP contribution in [0.15, 0.2) is 24.3 Å². The summed E-state index contributed by atoms with van der Waals surface area (Å²) < 4.78 is 10.2. The second-order valence-electron chi connectivity index (χ2n) is 3.33. The highest BCUT2D eigenvalue weighted by Gasteiger charge is 2.33. The molecule has 0 bridgehead atoms. The molecule has 0 heterocycles. The van der Waals surface area contributed by atoms with Crippen LogP contribution in [0.2, 0.25) is 0 Å². The lowest BCUT2D eigenvalue weighted by Crippen LogP contribution is -2.40. The number of carbonyl (C=O) groups excluding carboxylic acids is 1. The topological polar surface area (TPSA) is 61.6 Å². The van der Waals surface area contributed by atoms with Crippen LogP contribution in [0.5, 0.6) is 5.75 Å². The molecule has 4 nitrogen and oxygen atoms in total. The predicted molar refractivity (Wildman–Crippen MR) is 56.5 cm³/mol. The van der Waals surface area contributed by atoms with Crippen molar-refractivity contribution in [2.75, 3.05) is 14.2 Å². The third kappa shape index (κ3) is 2.10. The van der Waals surface area contributed by atoms with Crippen molar-refractivity contribution in [3.05, 3.63) is 29.8 Å². The Bertz CT molecular complexity index is 365. The van der Waals surface area contributed by atoms with Gasteiger partial charge >= 0.3 is 0 Å². The summed E-state index contributed by atoms with van der Waals surface area (Å²) in [6.07, 6.45) is 0. The molecular formula is C11H15NO3. The Balaban J connectivity index is 3.18. The molecule has 1 rings (SSSR count). The molecular weight excluding hydrogens is 194 g/mol. The van der Waals surface area contributed by atoms with Crippen LogP contribution in [0.1, 0.15) is 12.5 Å². The van der Waals surface area contributed by atoms with Gasteiger partial charge in [-0.05, 0) is 24.6 Å². The first-order valence-electron chi connectivity index (χ1n) is 4.54. The average Bonchev–Trinajstić information content (AvgIpc) is 2.27. The van der Waals surface area contributed by atoms with Gasteiger partial charge in [0.1, 0.15) is 5.75 Å². The molecule has 0 saturated heterocycles. The molecule has 0 aliphatic heterocycles. The SMILES string of the molecule is COc1cccc(C(C)(OC)C(N)=O)c1. The molecule has 1 unspecified atom stereocenters. The molecule has 4 heteroatoms. The number of rotatable bonds is 4. The van der Waals surface area contributed by atoms with Gasteiger partial charge in [0.2, 0.25) is 0 Å². The Morgan fingerprint density at radius 2 is 2.07 bits per heavy atom. The molecule has 0 aromatic heterocycles. The van der Waals surface area contributed by atoms with Gasteiger partial charge in [0.05, 0.1) is 7.11 Å². The van der Waals surface area contributed by atoms with E-state index in [1.807, 2.05) is 0 Å². The van der Waals surface area contributed by atoms with Crippen LogP contribution < -0.4 is 10.5 Å². The summed E-state index contributed by atoms with van der Waals surface area (Å²) >= 11 is 0. The smallest absolute Gasteiger partial charge is 0.254 e. The number of hydrogen-bond acceptors (Lipinski definition) is 3. The van der Waals surface area contributed by atoms with E-state index in [1.165, 1.54) is 7.11 Å². The number of nitrogens with two attached hydrogens (primary N) is 1. The standard InChI is InChI=1S/C11H15NO3/c1-11(15-3,10(12)13)8-5-4-6-9(7-8)14-2/h4-7H,1-3H3,(H2,12,13). The Morgan fingerprint density at radius 3 is 2.53 bits per heavy atom. The van der Waals surface area contributed by atoms with Gasteiger partial charge in [-0.25, -0.2) is 0 Å². The monoisotopic (exact) mass is 209 g/mol. The van der Waals surface area contributed by atoms with Gasteiger partial charge in [0, 0.05) is 7.11 Å². The fourth-order valence-electron chi connectivity index (χ4n) is 1.28. The van der Waals surface area contributed by atoms with E-state index in [4.69, 9.17) is 15.2 Å².